The summed E-state index contributed by atoms with van der Waals surface area (Å²) in [6.45, 7) is 3.57. The van der Waals surface area contributed by atoms with E-state index >= 15 is 0 Å². The topological polar surface area (TPSA) is 61.4 Å². The average Bonchev–Trinajstić information content (AvgIpc) is 2.71. The quantitative estimate of drug-likeness (QED) is 0.752. The van der Waals surface area contributed by atoms with Gasteiger partial charge < -0.3 is 15.5 Å². The fraction of sp³-hybridized carbons (Fsp3) is 0.364. The van der Waals surface area contributed by atoms with Gasteiger partial charge >= 0.3 is 0 Å². The summed E-state index contributed by atoms with van der Waals surface area (Å²) in [6, 6.07) is 17.5. The molecule has 6 heteroatoms. The largest absolute Gasteiger partial charge is 0.326 e. The Morgan fingerprint density at radius 2 is 1.89 bits per heavy atom. The third-order valence-electron chi connectivity index (χ3n) is 4.71. The molecule has 148 valence electrons. The summed E-state index contributed by atoms with van der Waals surface area (Å²) in [5.74, 6) is 2.17. The number of thioether (sulfide) groups is 1. The van der Waals surface area contributed by atoms with E-state index in [1.54, 1.807) is 4.90 Å². The fourth-order valence-corrected chi connectivity index (χ4v) is 4.22. The van der Waals surface area contributed by atoms with Crippen LogP contribution < -0.4 is 15.5 Å². The lowest BCUT2D eigenvalue weighted by atomic mass is 10.1. The molecule has 0 bridgehead atoms. The van der Waals surface area contributed by atoms with Crippen molar-refractivity contribution >= 4 is 35.0 Å². The Morgan fingerprint density at radius 1 is 1.14 bits per heavy atom. The van der Waals surface area contributed by atoms with Crippen LogP contribution in [0.25, 0.3) is 0 Å². The Kier molecular flexibility index (Phi) is 7.51. The van der Waals surface area contributed by atoms with Crippen molar-refractivity contribution in [2.75, 3.05) is 34.8 Å². The molecule has 0 radical (unpaired) electrons. The minimum atomic E-state index is 0.0186. The minimum absolute atomic E-state index is 0.0186. The van der Waals surface area contributed by atoms with Gasteiger partial charge in [-0.25, -0.2) is 0 Å². The van der Waals surface area contributed by atoms with Crippen LogP contribution in [0.3, 0.4) is 0 Å². The van der Waals surface area contributed by atoms with Crippen LogP contribution in [-0.4, -0.2) is 42.5 Å². The van der Waals surface area contributed by atoms with Crippen molar-refractivity contribution in [2.24, 2.45) is 0 Å². The van der Waals surface area contributed by atoms with Gasteiger partial charge in [0, 0.05) is 48.4 Å². The van der Waals surface area contributed by atoms with Gasteiger partial charge in [0.15, 0.2) is 0 Å². The highest BCUT2D eigenvalue weighted by Gasteiger charge is 2.17. The Hall–Kier alpha value is -2.31. The molecule has 1 aliphatic rings. The SMILES string of the molecule is CCN(C(=O)Cc1ccc(NC(=O)CC2CSCCN2)cc1)c1ccccc1. The standard InChI is InChI=1S/C22H27N3O2S/c1-2-25(20-6-4-3-5-7-20)22(27)14-17-8-10-18(11-9-17)24-21(26)15-19-16-28-13-12-23-19/h3-11,19,23H,2,12-16H2,1H3,(H,24,26). The van der Waals surface area contributed by atoms with Gasteiger partial charge in [0.05, 0.1) is 6.42 Å². The normalized spacial score (nSPS) is 16.4. The summed E-state index contributed by atoms with van der Waals surface area (Å²) in [6.07, 6.45) is 0.815. The number of carbonyl (C=O) groups is 2. The molecule has 1 heterocycles. The molecule has 5 nitrogen and oxygen atoms in total. The van der Waals surface area contributed by atoms with E-state index in [4.69, 9.17) is 0 Å². The van der Waals surface area contributed by atoms with Crippen LogP contribution in [0.15, 0.2) is 54.6 Å². The van der Waals surface area contributed by atoms with Crippen LogP contribution in [0.5, 0.6) is 0 Å². The van der Waals surface area contributed by atoms with E-state index in [-0.39, 0.29) is 17.9 Å². The highest BCUT2D eigenvalue weighted by Crippen LogP contribution is 2.17. The molecule has 3 rings (SSSR count). The summed E-state index contributed by atoms with van der Waals surface area (Å²) in [5, 5.41) is 6.32. The number of benzene rings is 2. The minimum Gasteiger partial charge on any atom is -0.326 e. The van der Waals surface area contributed by atoms with Gasteiger partial charge in [-0.3, -0.25) is 9.59 Å². The van der Waals surface area contributed by atoms with Crippen LogP contribution in [0.4, 0.5) is 11.4 Å². The van der Waals surface area contributed by atoms with Crippen LogP contribution >= 0.6 is 11.8 Å². The van der Waals surface area contributed by atoms with Gasteiger partial charge in [-0.1, -0.05) is 30.3 Å². The molecule has 1 atom stereocenters. The number of hydrogen-bond acceptors (Lipinski definition) is 4. The maximum Gasteiger partial charge on any atom is 0.231 e. The number of nitrogens with one attached hydrogen (secondary N) is 2. The predicted molar refractivity (Wildman–Crippen MR) is 117 cm³/mol. The van der Waals surface area contributed by atoms with Gasteiger partial charge in [0.25, 0.3) is 0 Å². The number of para-hydroxylation sites is 1. The van der Waals surface area contributed by atoms with E-state index in [0.717, 1.165) is 35.0 Å². The Morgan fingerprint density at radius 3 is 2.54 bits per heavy atom. The smallest absolute Gasteiger partial charge is 0.231 e. The van der Waals surface area contributed by atoms with E-state index in [9.17, 15) is 9.59 Å². The van der Waals surface area contributed by atoms with Gasteiger partial charge in [-0.05, 0) is 36.8 Å². The third kappa shape index (κ3) is 5.84. The average molecular weight is 398 g/mol. The predicted octanol–water partition coefficient (Wildman–Crippen LogP) is 3.32. The molecule has 1 saturated heterocycles. The number of amides is 2. The lowest BCUT2D eigenvalue weighted by Crippen LogP contribution is -2.39. The van der Waals surface area contributed by atoms with Crippen LogP contribution in [0.1, 0.15) is 18.9 Å². The molecule has 1 fully saturated rings. The maximum absolute atomic E-state index is 12.7. The fourth-order valence-electron chi connectivity index (χ4n) is 3.27. The lowest BCUT2D eigenvalue weighted by Gasteiger charge is -2.22. The molecule has 0 saturated carbocycles. The molecule has 0 aliphatic carbocycles. The molecule has 1 unspecified atom stereocenters. The van der Waals surface area contributed by atoms with Crippen molar-refractivity contribution in [3.05, 3.63) is 60.2 Å². The summed E-state index contributed by atoms with van der Waals surface area (Å²) in [4.78, 5) is 26.7. The first kappa shape index (κ1) is 20.4. The molecule has 28 heavy (non-hydrogen) atoms. The Labute approximate surface area is 170 Å². The second-order valence-corrected chi connectivity index (χ2v) is 7.98. The third-order valence-corrected chi connectivity index (χ3v) is 5.84. The summed E-state index contributed by atoms with van der Waals surface area (Å²) in [5.41, 5.74) is 2.61. The number of anilines is 2. The molecule has 1 aliphatic heterocycles. The molecule has 2 aromatic rings. The van der Waals surface area contributed by atoms with Crippen molar-refractivity contribution in [1.82, 2.24) is 5.32 Å². The molecule has 0 aromatic heterocycles. The highest BCUT2D eigenvalue weighted by atomic mass is 32.2. The van der Waals surface area contributed by atoms with Crippen molar-refractivity contribution in [2.45, 2.75) is 25.8 Å². The zero-order valence-corrected chi connectivity index (χ0v) is 17.0. The van der Waals surface area contributed by atoms with Crippen LogP contribution in [0.2, 0.25) is 0 Å². The van der Waals surface area contributed by atoms with Gasteiger partial charge in [0.2, 0.25) is 11.8 Å². The highest BCUT2D eigenvalue weighted by molar-refractivity contribution is 7.99. The molecular weight excluding hydrogens is 370 g/mol. The molecule has 2 N–H and O–H groups in total. The first-order valence-corrected chi connectivity index (χ1v) is 10.9. The summed E-state index contributed by atoms with van der Waals surface area (Å²) >= 11 is 1.88. The molecular formula is C22H27N3O2S. The first-order valence-electron chi connectivity index (χ1n) is 9.71. The number of rotatable bonds is 7. The maximum atomic E-state index is 12.7. The Bertz CT molecular complexity index is 774. The molecule has 2 amide bonds. The summed E-state index contributed by atoms with van der Waals surface area (Å²) < 4.78 is 0. The first-order chi connectivity index (χ1) is 13.7. The van der Waals surface area contributed by atoms with Crippen LogP contribution in [-0.2, 0) is 16.0 Å². The van der Waals surface area contributed by atoms with E-state index in [1.165, 1.54) is 0 Å². The Balaban J connectivity index is 1.53. The zero-order valence-electron chi connectivity index (χ0n) is 16.2. The number of hydrogen-bond donors (Lipinski definition) is 2. The van der Waals surface area contributed by atoms with Crippen molar-refractivity contribution in [3.8, 4) is 0 Å². The number of likely N-dealkylation sites (N-methyl/N-ethyl adjacent to an activating group) is 1. The second kappa shape index (κ2) is 10.3. The van der Waals surface area contributed by atoms with Crippen molar-refractivity contribution < 1.29 is 9.59 Å². The van der Waals surface area contributed by atoms with Crippen LogP contribution in [0, 0.1) is 0 Å². The summed E-state index contributed by atoms with van der Waals surface area (Å²) in [7, 11) is 0. The van der Waals surface area contributed by atoms with E-state index < -0.39 is 0 Å². The zero-order chi connectivity index (χ0) is 19.8. The van der Waals surface area contributed by atoms with Crippen molar-refractivity contribution in [3.63, 3.8) is 0 Å². The van der Waals surface area contributed by atoms with Gasteiger partial charge in [-0.15, -0.1) is 0 Å². The van der Waals surface area contributed by atoms with E-state index in [0.29, 0.717) is 19.4 Å². The van der Waals surface area contributed by atoms with Crippen molar-refractivity contribution in [1.29, 1.82) is 0 Å². The number of carbonyl (C=O) groups excluding carboxylic acids is 2. The van der Waals surface area contributed by atoms with Gasteiger partial charge in [0.1, 0.15) is 0 Å². The number of nitrogens with zero attached hydrogens (tertiary/aromatic N) is 1. The molecule has 0 spiro atoms. The van der Waals surface area contributed by atoms with E-state index in [1.807, 2.05) is 73.3 Å². The lowest BCUT2D eigenvalue weighted by molar-refractivity contribution is -0.118. The van der Waals surface area contributed by atoms with E-state index in [2.05, 4.69) is 10.6 Å². The molecule has 2 aromatic carbocycles. The monoisotopic (exact) mass is 397 g/mol. The second-order valence-electron chi connectivity index (χ2n) is 6.83. The van der Waals surface area contributed by atoms with Gasteiger partial charge in [-0.2, -0.15) is 11.8 Å².